The van der Waals surface area contributed by atoms with Gasteiger partial charge in [-0.2, -0.15) is 5.26 Å². The fraction of sp³-hybridized carbons (Fsp3) is 0.238. The molecule has 1 unspecified atom stereocenters. The maximum Gasteiger partial charge on any atom is 0.144 e. The molecule has 7 nitrogen and oxygen atoms in total. The van der Waals surface area contributed by atoms with E-state index in [4.69, 9.17) is 19.5 Å². The minimum Gasteiger partial charge on any atom is -0.548 e. The van der Waals surface area contributed by atoms with Crippen molar-refractivity contribution in [3.05, 3.63) is 161 Å². The molecule has 0 aliphatic heterocycles. The van der Waals surface area contributed by atoms with Crippen molar-refractivity contribution in [3.63, 3.8) is 0 Å². The van der Waals surface area contributed by atoms with Crippen molar-refractivity contribution < 1.29 is 24.1 Å². The molecule has 1 atom stereocenters. The van der Waals surface area contributed by atoms with Gasteiger partial charge in [0.2, 0.25) is 0 Å². The summed E-state index contributed by atoms with van der Waals surface area (Å²) in [7, 11) is 0. The molecule has 0 spiro atoms. The SMILES string of the molecule is CCOc1cc(OC2CCC(OC(c3ccccc3)(c3ccccc3)c3ccccc3)CC2)cc(C(Nc2ccc(C#N)cc2)C(=O)[O-])c1. The van der Waals surface area contributed by atoms with Crippen molar-refractivity contribution in [2.45, 2.75) is 56.5 Å². The summed E-state index contributed by atoms with van der Waals surface area (Å²) in [5.41, 5.74) is 3.91. The predicted octanol–water partition coefficient (Wildman–Crippen LogP) is 7.56. The number of nitriles is 1. The first-order chi connectivity index (χ1) is 24.0. The maximum atomic E-state index is 12.3. The van der Waals surface area contributed by atoms with E-state index in [1.165, 1.54) is 0 Å². The van der Waals surface area contributed by atoms with E-state index in [0.29, 0.717) is 34.9 Å². The molecular weight excluding hydrogens is 612 g/mol. The molecule has 0 radical (unpaired) electrons. The Morgan fingerprint density at radius 3 is 1.78 bits per heavy atom. The van der Waals surface area contributed by atoms with Gasteiger partial charge in [-0.25, -0.2) is 0 Å². The van der Waals surface area contributed by atoms with E-state index < -0.39 is 17.6 Å². The van der Waals surface area contributed by atoms with Gasteiger partial charge in [-0.05, 0) is 91.3 Å². The van der Waals surface area contributed by atoms with Gasteiger partial charge in [0.1, 0.15) is 17.1 Å². The Labute approximate surface area is 287 Å². The van der Waals surface area contributed by atoms with Crippen LogP contribution in [0.3, 0.4) is 0 Å². The normalized spacial score (nSPS) is 16.6. The lowest BCUT2D eigenvalue weighted by Crippen LogP contribution is -2.39. The summed E-state index contributed by atoms with van der Waals surface area (Å²) < 4.78 is 19.6. The van der Waals surface area contributed by atoms with E-state index in [9.17, 15) is 9.90 Å². The zero-order valence-corrected chi connectivity index (χ0v) is 27.5. The van der Waals surface area contributed by atoms with E-state index in [1.807, 2.05) is 25.1 Å². The summed E-state index contributed by atoms with van der Waals surface area (Å²) in [5.74, 6) is -0.246. The Morgan fingerprint density at radius 1 is 0.776 bits per heavy atom. The van der Waals surface area contributed by atoms with Crippen LogP contribution in [0.1, 0.15) is 66.5 Å². The summed E-state index contributed by atoms with van der Waals surface area (Å²) in [5, 5.41) is 24.5. The number of carboxylic acids is 1. The summed E-state index contributed by atoms with van der Waals surface area (Å²) in [4.78, 5) is 12.3. The predicted molar refractivity (Wildman–Crippen MR) is 187 cm³/mol. The quantitative estimate of drug-likeness (QED) is 0.131. The first-order valence-corrected chi connectivity index (χ1v) is 16.7. The molecule has 0 saturated heterocycles. The number of anilines is 1. The van der Waals surface area contributed by atoms with Crippen molar-refractivity contribution in [1.29, 1.82) is 5.26 Å². The Bertz CT molecular complexity index is 1750. The Morgan fingerprint density at radius 2 is 1.29 bits per heavy atom. The number of carbonyl (C=O) groups is 1. The number of benzene rings is 5. The number of carbonyl (C=O) groups excluding carboxylic acids is 1. The van der Waals surface area contributed by atoms with E-state index >= 15 is 0 Å². The molecule has 7 heteroatoms. The molecule has 1 aliphatic rings. The van der Waals surface area contributed by atoms with Gasteiger partial charge in [0.25, 0.3) is 0 Å². The Balaban J connectivity index is 1.21. The molecule has 1 N–H and O–H groups in total. The maximum absolute atomic E-state index is 12.3. The summed E-state index contributed by atoms with van der Waals surface area (Å²) in [6.07, 6.45) is 3.00. The number of hydrogen-bond donors (Lipinski definition) is 1. The highest BCUT2D eigenvalue weighted by Crippen LogP contribution is 2.43. The van der Waals surface area contributed by atoms with Crippen LogP contribution in [0.15, 0.2) is 133 Å². The van der Waals surface area contributed by atoms with Crippen LogP contribution >= 0.6 is 0 Å². The summed E-state index contributed by atoms with van der Waals surface area (Å²) >= 11 is 0. The second-order valence-corrected chi connectivity index (χ2v) is 12.2. The average Bonchev–Trinajstić information content (AvgIpc) is 3.15. The van der Waals surface area contributed by atoms with Crippen molar-refractivity contribution in [2.24, 2.45) is 0 Å². The number of rotatable bonds is 13. The van der Waals surface area contributed by atoms with E-state index in [0.717, 1.165) is 42.4 Å². The lowest BCUT2D eigenvalue weighted by molar-refractivity contribution is -0.307. The molecule has 0 heterocycles. The van der Waals surface area contributed by atoms with E-state index in [-0.39, 0.29) is 12.2 Å². The van der Waals surface area contributed by atoms with Crippen LogP contribution in [0.25, 0.3) is 0 Å². The van der Waals surface area contributed by atoms with Crippen molar-refractivity contribution >= 4 is 11.7 Å². The standard InChI is InChI=1S/C42H40N2O5/c1-2-47-38-26-31(40(41(45)46)44-35-20-18-30(29-43)19-21-35)27-39(28-38)48-36-22-24-37(25-23-36)49-42(32-12-6-3-7-13-32,33-14-8-4-9-15-33)34-16-10-5-11-17-34/h3-21,26-28,36-37,40,44H,2,22-25H2,1H3,(H,45,46)/p-1. The fourth-order valence-corrected chi connectivity index (χ4v) is 6.60. The molecule has 0 bridgehead atoms. The minimum atomic E-state index is -1.29. The van der Waals surface area contributed by atoms with E-state index in [2.05, 4.69) is 84.2 Å². The molecule has 5 aromatic rings. The van der Waals surface area contributed by atoms with Crippen molar-refractivity contribution in [2.75, 3.05) is 11.9 Å². The van der Waals surface area contributed by atoms with Gasteiger partial charge in [-0.1, -0.05) is 91.0 Å². The van der Waals surface area contributed by atoms with Crippen LogP contribution in [-0.2, 0) is 15.1 Å². The summed E-state index contributed by atoms with van der Waals surface area (Å²) in [6.45, 7) is 2.29. The lowest BCUT2D eigenvalue weighted by atomic mass is 9.79. The van der Waals surface area contributed by atoms with Gasteiger partial charge < -0.3 is 29.4 Å². The third-order valence-electron chi connectivity index (χ3n) is 8.92. The van der Waals surface area contributed by atoms with Crippen LogP contribution in [0.5, 0.6) is 11.5 Å². The number of nitrogens with zero attached hydrogens (tertiary/aromatic N) is 1. The third kappa shape index (κ3) is 7.77. The van der Waals surface area contributed by atoms with Crippen molar-refractivity contribution in [1.82, 2.24) is 0 Å². The molecular formula is C42H39N2O5-. The molecule has 5 aromatic carbocycles. The molecule has 1 fully saturated rings. The van der Waals surface area contributed by atoms with E-state index in [1.54, 1.807) is 42.5 Å². The lowest BCUT2D eigenvalue weighted by Gasteiger charge is -2.41. The van der Waals surface area contributed by atoms with Crippen LogP contribution in [0, 0.1) is 11.3 Å². The Hall–Kier alpha value is -5.58. The fourth-order valence-electron chi connectivity index (χ4n) is 6.60. The van der Waals surface area contributed by atoms with Gasteiger partial charge in [0, 0.05) is 11.8 Å². The highest BCUT2D eigenvalue weighted by molar-refractivity contribution is 5.78. The second kappa shape index (κ2) is 15.5. The second-order valence-electron chi connectivity index (χ2n) is 12.2. The topological polar surface area (TPSA) is 104 Å². The number of nitrogens with one attached hydrogen (secondary N) is 1. The minimum absolute atomic E-state index is 0.0233. The number of aliphatic carboxylic acids is 1. The molecule has 49 heavy (non-hydrogen) atoms. The zero-order valence-electron chi connectivity index (χ0n) is 27.5. The Kier molecular flexibility index (Phi) is 10.6. The molecule has 0 aromatic heterocycles. The van der Waals surface area contributed by atoms with Gasteiger partial charge >= 0.3 is 0 Å². The van der Waals surface area contributed by atoms with Crippen molar-refractivity contribution in [3.8, 4) is 17.6 Å². The van der Waals surface area contributed by atoms with Crippen LogP contribution in [0.2, 0.25) is 0 Å². The van der Waals surface area contributed by atoms with Gasteiger partial charge in [0.05, 0.1) is 42.5 Å². The number of hydrogen-bond acceptors (Lipinski definition) is 7. The highest BCUT2D eigenvalue weighted by atomic mass is 16.5. The summed E-state index contributed by atoms with van der Waals surface area (Å²) in [6, 6.07) is 43.9. The number of ether oxygens (including phenoxy) is 3. The van der Waals surface area contributed by atoms with Gasteiger partial charge in [0.15, 0.2) is 0 Å². The monoisotopic (exact) mass is 651 g/mol. The van der Waals surface area contributed by atoms with Gasteiger partial charge in [-0.3, -0.25) is 0 Å². The highest BCUT2D eigenvalue weighted by Gasteiger charge is 2.40. The first kappa shape index (κ1) is 33.3. The first-order valence-electron chi connectivity index (χ1n) is 16.7. The molecule has 248 valence electrons. The molecule has 0 amide bonds. The third-order valence-corrected chi connectivity index (χ3v) is 8.92. The van der Waals surface area contributed by atoms with Crippen LogP contribution in [-0.4, -0.2) is 24.8 Å². The molecule has 1 aliphatic carbocycles. The zero-order chi connectivity index (χ0) is 34.1. The van der Waals surface area contributed by atoms with Gasteiger partial charge in [-0.15, -0.1) is 0 Å². The smallest absolute Gasteiger partial charge is 0.144 e. The number of carboxylic acid groups (broad SMARTS) is 1. The van der Waals surface area contributed by atoms with Crippen LogP contribution < -0.4 is 19.9 Å². The van der Waals surface area contributed by atoms with Crippen LogP contribution in [0.4, 0.5) is 5.69 Å². The largest absolute Gasteiger partial charge is 0.548 e. The molecule has 6 rings (SSSR count). The molecule has 1 saturated carbocycles. The average molecular weight is 652 g/mol.